The van der Waals surface area contributed by atoms with Crippen LogP contribution in [0.15, 0.2) is 16.8 Å². The molecule has 0 aromatic carbocycles. The van der Waals surface area contributed by atoms with Gasteiger partial charge in [0.2, 0.25) is 11.8 Å². The highest BCUT2D eigenvalue weighted by atomic mass is 16.5. The monoisotopic (exact) mass is 318 g/mol. The predicted molar refractivity (Wildman–Crippen MR) is 82.1 cm³/mol. The molecule has 8 heteroatoms. The number of amides is 1. The number of hydrogen-bond donors (Lipinski definition) is 1. The summed E-state index contributed by atoms with van der Waals surface area (Å²) in [5.41, 5.74) is 1.06. The number of carbonyl (C=O) groups is 1. The van der Waals surface area contributed by atoms with E-state index in [9.17, 15) is 4.79 Å². The maximum absolute atomic E-state index is 12.8. The van der Waals surface area contributed by atoms with Gasteiger partial charge in [-0.05, 0) is 32.3 Å². The summed E-state index contributed by atoms with van der Waals surface area (Å²) in [4.78, 5) is 18.7. The molecule has 0 saturated carbocycles. The molecule has 0 bridgehead atoms. The smallest absolute Gasteiger partial charge is 0.246 e. The van der Waals surface area contributed by atoms with Crippen molar-refractivity contribution in [1.29, 1.82) is 0 Å². The summed E-state index contributed by atoms with van der Waals surface area (Å²) in [7, 11) is 1.90. The molecule has 1 N–H and O–H groups in total. The van der Waals surface area contributed by atoms with E-state index >= 15 is 0 Å². The average molecular weight is 318 g/mol. The first-order valence-corrected chi connectivity index (χ1v) is 7.91. The molecule has 1 aliphatic heterocycles. The molecule has 1 saturated heterocycles. The summed E-state index contributed by atoms with van der Waals surface area (Å²) in [6.07, 6.45) is 4.61. The molecule has 1 fully saturated rings. The third-order valence-corrected chi connectivity index (χ3v) is 4.13. The fraction of sp³-hybridized carbons (Fsp3) is 0.600. The quantitative estimate of drug-likeness (QED) is 0.876. The number of carbonyl (C=O) groups excluding carboxylic acids is 1. The Hall–Kier alpha value is -2.22. The number of likely N-dealkylation sites (tertiary alicyclic amines) is 1. The predicted octanol–water partition coefficient (Wildman–Crippen LogP) is 0.782. The number of rotatable bonds is 5. The summed E-state index contributed by atoms with van der Waals surface area (Å²) in [5, 5.41) is 11.3. The van der Waals surface area contributed by atoms with E-state index in [1.54, 1.807) is 18.0 Å². The molecule has 1 atom stereocenters. The number of aromatic nitrogens is 4. The number of aryl methyl sites for hydroxylation is 2. The highest BCUT2D eigenvalue weighted by Gasteiger charge is 2.27. The van der Waals surface area contributed by atoms with Gasteiger partial charge in [-0.15, -0.1) is 0 Å². The average Bonchev–Trinajstić information content (AvgIpc) is 3.08. The maximum atomic E-state index is 12.8. The largest absolute Gasteiger partial charge is 0.337 e. The fourth-order valence-electron chi connectivity index (χ4n) is 2.82. The van der Waals surface area contributed by atoms with Gasteiger partial charge in [-0.2, -0.15) is 10.1 Å². The molecule has 2 aromatic heterocycles. The minimum Gasteiger partial charge on any atom is -0.337 e. The van der Waals surface area contributed by atoms with Crippen LogP contribution in [0, 0.1) is 6.92 Å². The molecule has 124 valence electrons. The third kappa shape index (κ3) is 3.76. The van der Waals surface area contributed by atoms with Gasteiger partial charge in [0.1, 0.15) is 6.54 Å². The van der Waals surface area contributed by atoms with Crippen molar-refractivity contribution < 1.29 is 9.32 Å². The summed E-state index contributed by atoms with van der Waals surface area (Å²) >= 11 is 0. The Balaban J connectivity index is 1.63. The highest BCUT2D eigenvalue weighted by Crippen LogP contribution is 2.15. The van der Waals surface area contributed by atoms with Crippen molar-refractivity contribution in [3.8, 4) is 0 Å². The summed E-state index contributed by atoms with van der Waals surface area (Å²) in [6.45, 7) is 3.50. The van der Waals surface area contributed by atoms with E-state index in [1.807, 2.05) is 17.8 Å². The minimum atomic E-state index is -0.184. The Morgan fingerprint density at radius 3 is 3.00 bits per heavy atom. The fourth-order valence-corrected chi connectivity index (χ4v) is 2.82. The highest BCUT2D eigenvalue weighted by molar-refractivity contribution is 5.82. The van der Waals surface area contributed by atoms with Crippen molar-refractivity contribution in [1.82, 2.24) is 30.1 Å². The van der Waals surface area contributed by atoms with Crippen molar-refractivity contribution in [3.05, 3.63) is 29.7 Å². The first kappa shape index (κ1) is 15.7. The normalized spacial score (nSPS) is 19.1. The van der Waals surface area contributed by atoms with Gasteiger partial charge < -0.3 is 14.7 Å². The Labute approximate surface area is 134 Å². The van der Waals surface area contributed by atoms with Crippen LogP contribution in [-0.4, -0.2) is 43.3 Å². The standard InChI is InChI=1S/C15H22N6O2/c1-11-18-14(23-19-11)10-21-8-4-3-5-13(15(21)22)16-9-12-6-7-17-20(12)2/h6-7,13,16H,3-5,8-10H2,1-2H3. The second kappa shape index (κ2) is 6.91. The summed E-state index contributed by atoms with van der Waals surface area (Å²) in [6, 6.07) is 1.77. The zero-order valence-corrected chi connectivity index (χ0v) is 13.5. The van der Waals surface area contributed by atoms with Gasteiger partial charge in [0.15, 0.2) is 5.82 Å². The second-order valence-electron chi connectivity index (χ2n) is 5.87. The SMILES string of the molecule is Cc1noc(CN2CCCCC(NCc3ccnn3C)C2=O)n1. The Morgan fingerprint density at radius 1 is 1.43 bits per heavy atom. The first-order chi connectivity index (χ1) is 11.1. The Kier molecular flexibility index (Phi) is 4.71. The molecular weight excluding hydrogens is 296 g/mol. The molecule has 3 rings (SSSR count). The van der Waals surface area contributed by atoms with Gasteiger partial charge in [0, 0.05) is 26.3 Å². The molecule has 0 radical (unpaired) electrons. The minimum absolute atomic E-state index is 0.0977. The zero-order chi connectivity index (χ0) is 16.2. The van der Waals surface area contributed by atoms with Gasteiger partial charge in [-0.1, -0.05) is 5.16 Å². The van der Waals surface area contributed by atoms with Gasteiger partial charge in [-0.25, -0.2) is 0 Å². The molecule has 23 heavy (non-hydrogen) atoms. The second-order valence-corrected chi connectivity index (χ2v) is 5.87. The first-order valence-electron chi connectivity index (χ1n) is 7.91. The summed E-state index contributed by atoms with van der Waals surface area (Å²) in [5.74, 6) is 1.18. The van der Waals surface area contributed by atoms with Gasteiger partial charge in [0.05, 0.1) is 11.7 Å². The van der Waals surface area contributed by atoms with E-state index < -0.39 is 0 Å². The van der Waals surface area contributed by atoms with Crippen LogP contribution >= 0.6 is 0 Å². The molecule has 1 amide bonds. The van der Waals surface area contributed by atoms with Crippen molar-refractivity contribution in [2.45, 2.75) is 45.3 Å². The van der Waals surface area contributed by atoms with Crippen LogP contribution in [-0.2, 0) is 24.9 Å². The van der Waals surface area contributed by atoms with Crippen LogP contribution in [0.4, 0.5) is 0 Å². The number of nitrogens with zero attached hydrogens (tertiary/aromatic N) is 5. The Morgan fingerprint density at radius 2 is 2.30 bits per heavy atom. The van der Waals surface area contributed by atoms with E-state index in [0.717, 1.165) is 31.5 Å². The van der Waals surface area contributed by atoms with Crippen LogP contribution < -0.4 is 5.32 Å². The van der Waals surface area contributed by atoms with E-state index in [1.165, 1.54) is 0 Å². The van der Waals surface area contributed by atoms with Crippen LogP contribution in [0.1, 0.15) is 36.7 Å². The van der Waals surface area contributed by atoms with E-state index in [0.29, 0.717) is 24.8 Å². The Bertz CT molecular complexity index is 664. The van der Waals surface area contributed by atoms with E-state index in [2.05, 4.69) is 20.6 Å². The van der Waals surface area contributed by atoms with Crippen LogP contribution in [0.2, 0.25) is 0 Å². The molecule has 2 aromatic rings. The lowest BCUT2D eigenvalue weighted by Crippen LogP contribution is -2.44. The molecule has 1 aliphatic rings. The van der Waals surface area contributed by atoms with Gasteiger partial charge in [-0.3, -0.25) is 9.48 Å². The van der Waals surface area contributed by atoms with Crippen molar-refractivity contribution >= 4 is 5.91 Å². The molecule has 0 aliphatic carbocycles. The summed E-state index contributed by atoms with van der Waals surface area (Å²) < 4.78 is 6.95. The number of nitrogens with one attached hydrogen (secondary N) is 1. The lowest BCUT2D eigenvalue weighted by atomic mass is 10.1. The molecule has 3 heterocycles. The van der Waals surface area contributed by atoms with E-state index in [-0.39, 0.29) is 11.9 Å². The van der Waals surface area contributed by atoms with Gasteiger partial charge in [0.25, 0.3) is 0 Å². The number of hydrogen-bond acceptors (Lipinski definition) is 6. The lowest BCUT2D eigenvalue weighted by Gasteiger charge is -2.23. The van der Waals surface area contributed by atoms with Crippen LogP contribution in [0.25, 0.3) is 0 Å². The van der Waals surface area contributed by atoms with Crippen LogP contribution in [0.3, 0.4) is 0 Å². The molecule has 1 unspecified atom stereocenters. The van der Waals surface area contributed by atoms with E-state index in [4.69, 9.17) is 4.52 Å². The molecule has 8 nitrogen and oxygen atoms in total. The molecule has 0 spiro atoms. The van der Waals surface area contributed by atoms with Crippen molar-refractivity contribution in [2.75, 3.05) is 6.54 Å². The lowest BCUT2D eigenvalue weighted by molar-refractivity contribution is -0.133. The zero-order valence-electron chi connectivity index (χ0n) is 13.5. The topological polar surface area (TPSA) is 89.1 Å². The molecular formula is C15H22N6O2. The van der Waals surface area contributed by atoms with Crippen molar-refractivity contribution in [2.24, 2.45) is 7.05 Å². The maximum Gasteiger partial charge on any atom is 0.246 e. The third-order valence-electron chi connectivity index (χ3n) is 4.13. The van der Waals surface area contributed by atoms with Crippen LogP contribution in [0.5, 0.6) is 0 Å². The van der Waals surface area contributed by atoms with Crippen molar-refractivity contribution in [3.63, 3.8) is 0 Å². The van der Waals surface area contributed by atoms with Gasteiger partial charge >= 0.3 is 0 Å².